The van der Waals surface area contributed by atoms with Gasteiger partial charge in [-0.05, 0) is 59.4 Å². The Hall–Kier alpha value is -5.15. The summed E-state index contributed by atoms with van der Waals surface area (Å²) in [4.78, 5) is 4.68. The highest BCUT2D eigenvalue weighted by Crippen LogP contribution is 2.45. The van der Waals surface area contributed by atoms with E-state index in [1.165, 1.54) is 38.9 Å². The lowest BCUT2D eigenvalue weighted by Crippen LogP contribution is -2.17. The van der Waals surface area contributed by atoms with Crippen LogP contribution in [0.4, 0.5) is 11.5 Å². The lowest BCUT2D eigenvalue weighted by molar-refractivity contribution is 0.825. The maximum absolute atomic E-state index is 6.13. The normalized spacial score (nSPS) is 11.9. The molecule has 43 heavy (non-hydrogen) atoms. The van der Waals surface area contributed by atoms with Crippen LogP contribution >= 0.6 is 0 Å². The van der Waals surface area contributed by atoms with E-state index < -0.39 is 0 Å². The van der Waals surface area contributed by atoms with Crippen molar-refractivity contribution in [3.8, 4) is 0 Å². The summed E-state index contributed by atoms with van der Waals surface area (Å²) in [6, 6.07) is 53.7. The summed E-state index contributed by atoms with van der Waals surface area (Å²) in [5.74, 6) is 0.571. The molecule has 6 aromatic rings. The molecule has 0 aliphatic heterocycles. The number of nitrogen functional groups attached to an aromatic ring is 1. The fourth-order valence-electron chi connectivity index (χ4n) is 6.15. The lowest BCUT2D eigenvalue weighted by atomic mass is 9.78. The summed E-state index contributed by atoms with van der Waals surface area (Å²) >= 11 is 0. The molecule has 1 aromatic heterocycles. The average Bonchev–Trinajstić information content (AvgIpc) is 3.05. The Kier molecular flexibility index (Phi) is 8.33. The van der Waals surface area contributed by atoms with E-state index in [9.17, 15) is 0 Å². The van der Waals surface area contributed by atoms with Crippen LogP contribution in [0.5, 0.6) is 0 Å². The molecule has 212 valence electrons. The molecular weight excluding hydrogens is 522 g/mol. The van der Waals surface area contributed by atoms with Gasteiger partial charge in [0.1, 0.15) is 5.82 Å². The number of pyridine rings is 1. The summed E-state index contributed by atoms with van der Waals surface area (Å²) in [5.41, 5.74) is 16.9. The van der Waals surface area contributed by atoms with E-state index in [0.717, 1.165) is 11.4 Å². The molecule has 0 amide bonds. The van der Waals surface area contributed by atoms with Gasteiger partial charge in [-0.15, -0.1) is 0 Å². The van der Waals surface area contributed by atoms with Gasteiger partial charge < -0.3 is 11.1 Å². The SMILES string of the molecule is Cc1cc(C(c2ccccc2)c2ccccc2)c(NC(C)c2cccc(N)n2)c(C(c2ccccc2)c2ccccc2)c1. The maximum Gasteiger partial charge on any atom is 0.123 e. The number of hydrogen-bond donors (Lipinski definition) is 2. The Bertz CT molecular complexity index is 1580. The van der Waals surface area contributed by atoms with Crippen LogP contribution in [0.3, 0.4) is 0 Å². The Morgan fingerprint density at radius 3 is 1.30 bits per heavy atom. The Labute approximate surface area is 255 Å². The highest BCUT2D eigenvalue weighted by molar-refractivity contribution is 5.68. The predicted molar refractivity (Wildman–Crippen MR) is 180 cm³/mol. The second-order valence-corrected chi connectivity index (χ2v) is 11.2. The van der Waals surface area contributed by atoms with Crippen molar-refractivity contribution < 1.29 is 0 Å². The van der Waals surface area contributed by atoms with Crippen LogP contribution in [0, 0.1) is 6.92 Å². The molecule has 1 unspecified atom stereocenters. The highest BCUT2D eigenvalue weighted by Gasteiger charge is 2.28. The third-order valence-corrected chi connectivity index (χ3v) is 8.09. The predicted octanol–water partition coefficient (Wildman–Crippen LogP) is 9.51. The molecule has 0 aliphatic rings. The molecule has 1 atom stereocenters. The molecule has 1 heterocycles. The highest BCUT2D eigenvalue weighted by atomic mass is 15.0. The molecule has 0 fully saturated rings. The van der Waals surface area contributed by atoms with Gasteiger partial charge in [0.05, 0.1) is 11.7 Å². The Morgan fingerprint density at radius 2 is 0.930 bits per heavy atom. The Morgan fingerprint density at radius 1 is 0.535 bits per heavy atom. The molecule has 0 saturated carbocycles. The second kappa shape index (κ2) is 12.8. The van der Waals surface area contributed by atoms with Gasteiger partial charge in [0.15, 0.2) is 0 Å². The number of nitrogens with two attached hydrogens (primary N) is 1. The first kappa shape index (κ1) is 28.0. The maximum atomic E-state index is 6.13. The topological polar surface area (TPSA) is 50.9 Å². The van der Waals surface area contributed by atoms with Gasteiger partial charge >= 0.3 is 0 Å². The first-order chi connectivity index (χ1) is 21.1. The minimum absolute atomic E-state index is 0.0248. The van der Waals surface area contributed by atoms with Crippen molar-refractivity contribution in [3.05, 3.63) is 196 Å². The first-order valence-electron chi connectivity index (χ1n) is 14.9. The van der Waals surface area contributed by atoms with E-state index in [1.807, 2.05) is 18.2 Å². The Balaban J connectivity index is 1.64. The number of benzene rings is 5. The van der Waals surface area contributed by atoms with Gasteiger partial charge in [-0.25, -0.2) is 4.98 Å². The van der Waals surface area contributed by atoms with Crippen LogP contribution in [0.15, 0.2) is 152 Å². The van der Waals surface area contributed by atoms with Crippen LogP contribution in [-0.4, -0.2) is 4.98 Å². The minimum Gasteiger partial charge on any atom is -0.384 e. The average molecular weight is 560 g/mol. The molecule has 0 saturated heterocycles. The zero-order valence-electron chi connectivity index (χ0n) is 24.7. The van der Waals surface area contributed by atoms with E-state index in [2.05, 4.69) is 158 Å². The molecule has 3 nitrogen and oxygen atoms in total. The lowest BCUT2D eigenvalue weighted by Gasteiger charge is -2.30. The van der Waals surface area contributed by atoms with Crippen LogP contribution < -0.4 is 11.1 Å². The van der Waals surface area contributed by atoms with Crippen LogP contribution in [-0.2, 0) is 0 Å². The second-order valence-electron chi connectivity index (χ2n) is 11.2. The molecule has 0 radical (unpaired) electrons. The van der Waals surface area contributed by atoms with Gasteiger partial charge in [-0.3, -0.25) is 0 Å². The third-order valence-electron chi connectivity index (χ3n) is 8.09. The van der Waals surface area contributed by atoms with E-state index in [4.69, 9.17) is 5.73 Å². The van der Waals surface area contributed by atoms with Crippen LogP contribution in [0.1, 0.15) is 69.4 Å². The summed E-state index contributed by atoms with van der Waals surface area (Å²) in [7, 11) is 0. The molecule has 5 aromatic carbocycles. The van der Waals surface area contributed by atoms with Crippen molar-refractivity contribution in [2.24, 2.45) is 0 Å². The molecular formula is C40H37N3. The summed E-state index contributed by atoms with van der Waals surface area (Å²) in [6.07, 6.45) is 0. The monoisotopic (exact) mass is 559 g/mol. The number of nitrogens with zero attached hydrogens (tertiary/aromatic N) is 1. The zero-order chi connectivity index (χ0) is 29.6. The van der Waals surface area contributed by atoms with Crippen molar-refractivity contribution in [1.82, 2.24) is 4.98 Å². The van der Waals surface area contributed by atoms with Crippen molar-refractivity contribution >= 4 is 11.5 Å². The van der Waals surface area contributed by atoms with E-state index in [0.29, 0.717) is 5.82 Å². The fraction of sp³-hybridized carbons (Fsp3) is 0.125. The van der Waals surface area contributed by atoms with Crippen molar-refractivity contribution in [2.45, 2.75) is 31.7 Å². The smallest absolute Gasteiger partial charge is 0.123 e. The number of nitrogens with one attached hydrogen (secondary N) is 1. The number of aromatic nitrogens is 1. The minimum atomic E-state index is -0.0805. The largest absolute Gasteiger partial charge is 0.384 e. The van der Waals surface area contributed by atoms with E-state index in [-0.39, 0.29) is 17.9 Å². The van der Waals surface area contributed by atoms with E-state index in [1.54, 1.807) is 0 Å². The molecule has 3 N–H and O–H groups in total. The molecule has 6 rings (SSSR count). The number of anilines is 2. The van der Waals surface area contributed by atoms with Gasteiger partial charge in [-0.1, -0.05) is 145 Å². The fourth-order valence-corrected chi connectivity index (χ4v) is 6.15. The van der Waals surface area contributed by atoms with Crippen LogP contribution in [0.25, 0.3) is 0 Å². The summed E-state index contributed by atoms with van der Waals surface area (Å²) in [5, 5.41) is 3.97. The summed E-state index contributed by atoms with van der Waals surface area (Å²) in [6.45, 7) is 4.37. The van der Waals surface area contributed by atoms with Gasteiger partial charge in [0.25, 0.3) is 0 Å². The number of aryl methyl sites for hydroxylation is 1. The zero-order valence-corrected chi connectivity index (χ0v) is 24.7. The van der Waals surface area contributed by atoms with Crippen molar-refractivity contribution in [2.75, 3.05) is 11.1 Å². The molecule has 0 aliphatic carbocycles. The summed E-state index contributed by atoms with van der Waals surface area (Å²) < 4.78 is 0. The van der Waals surface area contributed by atoms with Gasteiger partial charge in [0, 0.05) is 17.5 Å². The number of rotatable bonds is 9. The third kappa shape index (κ3) is 6.22. The quantitative estimate of drug-likeness (QED) is 0.173. The van der Waals surface area contributed by atoms with Crippen LogP contribution in [0.2, 0.25) is 0 Å². The number of hydrogen-bond acceptors (Lipinski definition) is 3. The van der Waals surface area contributed by atoms with Gasteiger partial charge in [-0.2, -0.15) is 0 Å². The van der Waals surface area contributed by atoms with Crippen molar-refractivity contribution in [3.63, 3.8) is 0 Å². The molecule has 0 spiro atoms. The first-order valence-corrected chi connectivity index (χ1v) is 14.9. The van der Waals surface area contributed by atoms with Gasteiger partial charge in [0.2, 0.25) is 0 Å². The molecule has 0 bridgehead atoms. The van der Waals surface area contributed by atoms with E-state index >= 15 is 0 Å². The standard InChI is InChI=1S/C40H37N3/c1-28-26-34(38(30-16-7-3-8-17-30)31-18-9-4-10-19-31)40(42-29(2)36-24-15-25-37(41)43-36)35(27-28)39(32-20-11-5-12-21-32)33-22-13-6-14-23-33/h3-27,29,38-39,42H,1-2H3,(H2,41,43). The molecule has 3 heteroatoms. The van der Waals surface area contributed by atoms with Crippen molar-refractivity contribution in [1.29, 1.82) is 0 Å².